The van der Waals surface area contributed by atoms with Gasteiger partial charge >= 0.3 is 0 Å². The maximum atomic E-state index is 12.1. The van der Waals surface area contributed by atoms with Crippen LogP contribution < -0.4 is 5.73 Å². The zero-order valence-corrected chi connectivity index (χ0v) is 10.5. The van der Waals surface area contributed by atoms with E-state index in [2.05, 4.69) is 0 Å². The predicted molar refractivity (Wildman–Crippen MR) is 69.9 cm³/mol. The van der Waals surface area contributed by atoms with Crippen LogP contribution in [0.2, 0.25) is 0 Å². The fraction of sp³-hybridized carbons (Fsp3) is 0.500. The Morgan fingerprint density at radius 1 is 1.44 bits per heavy atom. The van der Waals surface area contributed by atoms with Gasteiger partial charge in [0.25, 0.3) is 0 Å². The molecule has 1 unspecified atom stereocenters. The van der Waals surface area contributed by atoms with E-state index in [1.807, 2.05) is 30.3 Å². The van der Waals surface area contributed by atoms with Gasteiger partial charge in [-0.25, -0.2) is 0 Å². The van der Waals surface area contributed by atoms with Gasteiger partial charge in [0.2, 0.25) is 5.91 Å². The van der Waals surface area contributed by atoms with Crippen LogP contribution in [0.15, 0.2) is 30.3 Å². The summed E-state index contributed by atoms with van der Waals surface area (Å²) in [7, 11) is 0. The first-order valence-corrected chi connectivity index (χ1v) is 6.43. The van der Waals surface area contributed by atoms with Crippen molar-refractivity contribution < 1.29 is 9.90 Å². The van der Waals surface area contributed by atoms with E-state index in [-0.39, 0.29) is 5.91 Å². The Morgan fingerprint density at radius 3 is 2.83 bits per heavy atom. The van der Waals surface area contributed by atoms with E-state index in [9.17, 15) is 9.90 Å². The highest BCUT2D eigenvalue weighted by molar-refractivity contribution is 5.82. The second-order valence-electron chi connectivity index (χ2n) is 4.88. The van der Waals surface area contributed by atoms with Crippen molar-refractivity contribution in [1.82, 2.24) is 4.90 Å². The molecule has 4 heteroatoms. The number of benzene rings is 1. The van der Waals surface area contributed by atoms with Crippen LogP contribution in [0.25, 0.3) is 0 Å². The smallest absolute Gasteiger partial charge is 0.239 e. The zero-order valence-electron chi connectivity index (χ0n) is 10.5. The maximum absolute atomic E-state index is 12.1. The molecular weight excluding hydrogens is 228 g/mol. The molecule has 1 fully saturated rings. The molecule has 1 amide bonds. The number of nitrogens with zero attached hydrogens (tertiary/aromatic N) is 1. The van der Waals surface area contributed by atoms with Crippen molar-refractivity contribution in [2.75, 3.05) is 13.1 Å². The van der Waals surface area contributed by atoms with E-state index in [0.29, 0.717) is 19.5 Å². The van der Waals surface area contributed by atoms with Gasteiger partial charge in [0.05, 0.1) is 12.1 Å². The molecule has 1 aromatic carbocycles. The lowest BCUT2D eigenvalue weighted by Gasteiger charge is -2.32. The minimum absolute atomic E-state index is 0.0578. The lowest BCUT2D eigenvalue weighted by atomic mass is 10.0. The summed E-state index contributed by atoms with van der Waals surface area (Å²) in [6, 6.07) is 9.25. The predicted octanol–water partition coefficient (Wildman–Crippen LogP) is 0.540. The second kappa shape index (κ2) is 5.98. The lowest BCUT2D eigenvalue weighted by molar-refractivity contribution is -0.135. The molecule has 2 rings (SSSR count). The number of rotatable bonds is 3. The number of amides is 1. The Hall–Kier alpha value is -1.39. The molecule has 0 aliphatic carbocycles. The van der Waals surface area contributed by atoms with Crippen LogP contribution in [0, 0.1) is 0 Å². The molecule has 1 aliphatic rings. The summed E-state index contributed by atoms with van der Waals surface area (Å²) in [6.07, 6.45) is 1.78. The molecule has 3 N–H and O–H groups in total. The van der Waals surface area contributed by atoms with Gasteiger partial charge in [-0.1, -0.05) is 30.3 Å². The Kier molecular flexibility index (Phi) is 4.33. The zero-order chi connectivity index (χ0) is 13.0. The van der Waals surface area contributed by atoms with Crippen molar-refractivity contribution in [3.05, 3.63) is 35.9 Å². The van der Waals surface area contributed by atoms with E-state index in [0.717, 1.165) is 18.4 Å². The first-order valence-electron chi connectivity index (χ1n) is 6.43. The number of hydrogen-bond donors (Lipinski definition) is 2. The highest BCUT2D eigenvalue weighted by Gasteiger charge is 2.25. The van der Waals surface area contributed by atoms with Crippen LogP contribution in [0.1, 0.15) is 18.4 Å². The van der Waals surface area contributed by atoms with Crippen LogP contribution in [0.3, 0.4) is 0 Å². The standard InChI is InChI=1S/C14H20N2O2/c15-13(9-11-5-2-1-3-6-11)14(18)16-8-4-7-12(17)10-16/h1-3,5-6,12-13,17H,4,7-10,15H2/t12?,13-/m0/s1. The number of carbonyl (C=O) groups excluding carboxylic acids is 1. The first kappa shape index (κ1) is 13.1. The number of aliphatic hydroxyl groups excluding tert-OH is 1. The van der Waals surface area contributed by atoms with Crippen molar-refractivity contribution in [2.45, 2.75) is 31.4 Å². The normalized spacial score (nSPS) is 21.7. The SMILES string of the molecule is N[C@@H](Cc1ccccc1)C(=O)N1CCCC(O)C1. The van der Waals surface area contributed by atoms with E-state index >= 15 is 0 Å². The molecule has 18 heavy (non-hydrogen) atoms. The third kappa shape index (κ3) is 3.31. The van der Waals surface area contributed by atoms with Crippen molar-refractivity contribution in [3.8, 4) is 0 Å². The monoisotopic (exact) mass is 248 g/mol. The molecule has 1 aliphatic heterocycles. The van der Waals surface area contributed by atoms with Gasteiger partial charge in [-0.15, -0.1) is 0 Å². The second-order valence-corrected chi connectivity index (χ2v) is 4.88. The molecule has 98 valence electrons. The minimum atomic E-state index is -0.516. The highest BCUT2D eigenvalue weighted by atomic mass is 16.3. The molecule has 2 atom stereocenters. The summed E-state index contributed by atoms with van der Waals surface area (Å²) >= 11 is 0. The molecule has 1 aromatic rings. The van der Waals surface area contributed by atoms with E-state index < -0.39 is 12.1 Å². The summed E-state index contributed by atoms with van der Waals surface area (Å²) in [6.45, 7) is 1.12. The molecule has 4 nitrogen and oxygen atoms in total. The first-order chi connectivity index (χ1) is 8.66. The topological polar surface area (TPSA) is 66.6 Å². The number of nitrogens with two attached hydrogens (primary N) is 1. The Morgan fingerprint density at radius 2 is 2.17 bits per heavy atom. The summed E-state index contributed by atoms with van der Waals surface area (Å²) in [4.78, 5) is 13.8. The maximum Gasteiger partial charge on any atom is 0.239 e. The van der Waals surface area contributed by atoms with Crippen LogP contribution in [-0.2, 0) is 11.2 Å². The molecule has 1 saturated heterocycles. The molecule has 0 spiro atoms. The van der Waals surface area contributed by atoms with Crippen LogP contribution in [0.5, 0.6) is 0 Å². The highest BCUT2D eigenvalue weighted by Crippen LogP contribution is 2.12. The van der Waals surface area contributed by atoms with Gasteiger partial charge in [0, 0.05) is 13.1 Å². The Balaban J connectivity index is 1.92. The minimum Gasteiger partial charge on any atom is -0.391 e. The van der Waals surface area contributed by atoms with Gasteiger partial charge in [0.15, 0.2) is 0 Å². The summed E-state index contributed by atoms with van der Waals surface area (Å²) in [5.41, 5.74) is 7.02. The van der Waals surface area contributed by atoms with E-state index in [1.54, 1.807) is 4.90 Å². The van der Waals surface area contributed by atoms with Gasteiger partial charge in [0.1, 0.15) is 0 Å². The number of hydrogen-bond acceptors (Lipinski definition) is 3. The van der Waals surface area contributed by atoms with E-state index in [1.165, 1.54) is 0 Å². The van der Waals surface area contributed by atoms with Crippen molar-refractivity contribution in [3.63, 3.8) is 0 Å². The largest absolute Gasteiger partial charge is 0.391 e. The number of piperidine rings is 1. The third-order valence-corrected chi connectivity index (χ3v) is 3.32. The Labute approximate surface area is 107 Å². The van der Waals surface area contributed by atoms with Crippen LogP contribution >= 0.6 is 0 Å². The summed E-state index contributed by atoms with van der Waals surface area (Å²) < 4.78 is 0. The number of likely N-dealkylation sites (tertiary alicyclic amines) is 1. The molecular formula is C14H20N2O2. The summed E-state index contributed by atoms with van der Waals surface area (Å²) in [5.74, 6) is -0.0578. The molecule has 0 bridgehead atoms. The molecule has 0 aromatic heterocycles. The van der Waals surface area contributed by atoms with Crippen molar-refractivity contribution >= 4 is 5.91 Å². The van der Waals surface area contributed by atoms with Gasteiger partial charge in [-0.2, -0.15) is 0 Å². The molecule has 1 heterocycles. The lowest BCUT2D eigenvalue weighted by Crippen LogP contribution is -2.50. The fourth-order valence-electron chi connectivity index (χ4n) is 2.34. The van der Waals surface area contributed by atoms with Gasteiger partial charge < -0.3 is 15.7 Å². The quantitative estimate of drug-likeness (QED) is 0.820. The van der Waals surface area contributed by atoms with Crippen LogP contribution in [0.4, 0.5) is 0 Å². The molecule has 0 radical (unpaired) electrons. The Bertz CT molecular complexity index is 394. The number of carbonyl (C=O) groups is 1. The van der Waals surface area contributed by atoms with Crippen LogP contribution in [-0.4, -0.2) is 41.1 Å². The van der Waals surface area contributed by atoms with Gasteiger partial charge in [-0.3, -0.25) is 4.79 Å². The van der Waals surface area contributed by atoms with Gasteiger partial charge in [-0.05, 0) is 24.8 Å². The summed E-state index contributed by atoms with van der Waals surface area (Å²) in [5, 5.41) is 9.57. The van der Waals surface area contributed by atoms with Crippen molar-refractivity contribution in [2.24, 2.45) is 5.73 Å². The average molecular weight is 248 g/mol. The fourth-order valence-corrected chi connectivity index (χ4v) is 2.34. The third-order valence-electron chi connectivity index (χ3n) is 3.32. The van der Waals surface area contributed by atoms with Crippen molar-refractivity contribution in [1.29, 1.82) is 0 Å². The number of β-amino-alcohol motifs (C(OH)–C–C–N with tert-alkyl or cyclic N) is 1. The molecule has 0 saturated carbocycles. The average Bonchev–Trinajstić information content (AvgIpc) is 2.39. The van der Waals surface area contributed by atoms with E-state index in [4.69, 9.17) is 5.73 Å². The number of aliphatic hydroxyl groups is 1.